The zero-order valence-corrected chi connectivity index (χ0v) is 23.0. The van der Waals surface area contributed by atoms with Crippen LogP contribution < -0.4 is 4.31 Å². The Morgan fingerprint density at radius 2 is 1.79 bits per heavy atom. The van der Waals surface area contributed by atoms with Crippen LogP contribution in [-0.4, -0.2) is 53.7 Å². The van der Waals surface area contributed by atoms with Crippen LogP contribution in [0.5, 0.6) is 0 Å². The number of halogens is 2. The number of likely N-dealkylation sites (N-methyl/N-ethyl adjacent to an activating group) is 1. The molecule has 0 bridgehead atoms. The number of benzene rings is 2. The fourth-order valence-corrected chi connectivity index (χ4v) is 7.03. The first kappa shape index (κ1) is 27.4. The topological polar surface area (TPSA) is 120 Å². The molecule has 4 rings (SSSR count). The first-order valence-electron chi connectivity index (χ1n) is 11.4. The van der Waals surface area contributed by atoms with Crippen LogP contribution in [0, 0.1) is 11.3 Å². The predicted molar refractivity (Wildman–Crippen MR) is 146 cm³/mol. The lowest BCUT2D eigenvalue weighted by molar-refractivity contribution is -0.149. The highest BCUT2D eigenvalue weighted by Crippen LogP contribution is 2.38. The molecule has 0 saturated carbocycles. The van der Waals surface area contributed by atoms with Crippen LogP contribution in [0.2, 0.25) is 10.0 Å². The summed E-state index contributed by atoms with van der Waals surface area (Å²) in [5, 5.41) is 20.3. The van der Waals surface area contributed by atoms with Gasteiger partial charge in [-0.1, -0.05) is 30.1 Å². The van der Waals surface area contributed by atoms with E-state index in [4.69, 9.17) is 28.5 Å². The van der Waals surface area contributed by atoms with Gasteiger partial charge in [-0.2, -0.15) is 5.26 Å². The van der Waals surface area contributed by atoms with Crippen molar-refractivity contribution in [1.29, 1.82) is 5.26 Å². The Morgan fingerprint density at radius 1 is 1.11 bits per heavy atom. The number of pyridine rings is 1. The van der Waals surface area contributed by atoms with Gasteiger partial charge in [0.1, 0.15) is 11.9 Å². The number of anilines is 1. The van der Waals surface area contributed by atoms with Gasteiger partial charge in [0, 0.05) is 27.8 Å². The maximum absolute atomic E-state index is 14.2. The van der Waals surface area contributed by atoms with E-state index >= 15 is 0 Å². The summed E-state index contributed by atoms with van der Waals surface area (Å²) in [6.07, 6.45) is 3.14. The van der Waals surface area contributed by atoms with Crippen LogP contribution in [0.3, 0.4) is 0 Å². The van der Waals surface area contributed by atoms with E-state index in [1.165, 1.54) is 43.4 Å². The van der Waals surface area contributed by atoms with E-state index in [2.05, 4.69) is 4.98 Å². The third kappa shape index (κ3) is 4.59. The second kappa shape index (κ2) is 10.3. The van der Waals surface area contributed by atoms with Crippen molar-refractivity contribution in [3.8, 4) is 11.9 Å². The molecule has 0 fully saturated rings. The number of carboxylic acid groups (broad SMARTS) is 1. The third-order valence-corrected chi connectivity index (χ3v) is 8.58. The molecule has 12 heteroatoms. The van der Waals surface area contributed by atoms with E-state index < -0.39 is 21.7 Å². The zero-order valence-electron chi connectivity index (χ0n) is 20.6. The second-order valence-corrected chi connectivity index (χ2v) is 11.3. The molecule has 0 amide bonds. The van der Waals surface area contributed by atoms with E-state index in [-0.39, 0.29) is 27.0 Å². The molecule has 2 heterocycles. The summed E-state index contributed by atoms with van der Waals surface area (Å²) in [6.45, 7) is 1.60. The van der Waals surface area contributed by atoms with Gasteiger partial charge >= 0.3 is 5.97 Å². The standard InChI is InChI=1S/C26H23Cl2N5O4S/c1-4-26(25(34)35,31(2)3)33(38(36,37)22-13-19(27)12-20(28)14-22)21-6-7-23-18(11-21)9-10-32(23)24-8-5-17(15-29)16-30-24/h5-14,16H,4H2,1-3H3,(H,34,35). The van der Waals surface area contributed by atoms with E-state index in [1.807, 2.05) is 6.07 Å². The Labute approximate surface area is 230 Å². The predicted octanol–water partition coefficient (Wildman–Crippen LogP) is 5.15. The lowest BCUT2D eigenvalue weighted by Crippen LogP contribution is -2.65. The summed E-state index contributed by atoms with van der Waals surface area (Å²) in [4.78, 5) is 18.2. The molecule has 38 heavy (non-hydrogen) atoms. The number of nitriles is 1. The van der Waals surface area contributed by atoms with Crippen molar-refractivity contribution in [2.75, 3.05) is 18.4 Å². The number of aromatic nitrogens is 2. The Kier molecular flexibility index (Phi) is 7.41. The summed E-state index contributed by atoms with van der Waals surface area (Å²) in [6, 6.07) is 15.8. The number of fused-ring (bicyclic) bond motifs is 1. The number of hydrogen-bond acceptors (Lipinski definition) is 6. The minimum Gasteiger partial charge on any atom is -0.478 e. The molecule has 2 aromatic heterocycles. The average molecular weight is 572 g/mol. The molecule has 0 radical (unpaired) electrons. The SMILES string of the molecule is CCC(C(=O)O)(N(C)C)N(c1ccc2c(ccn2-c2ccc(C#N)cn2)c1)S(=O)(=O)c1cc(Cl)cc(Cl)c1. The highest BCUT2D eigenvalue weighted by atomic mass is 35.5. The van der Waals surface area contributed by atoms with Crippen molar-refractivity contribution in [3.05, 3.63) is 82.6 Å². The summed E-state index contributed by atoms with van der Waals surface area (Å²) >= 11 is 12.2. The van der Waals surface area contributed by atoms with Gasteiger partial charge in [0.15, 0.2) is 0 Å². The van der Waals surface area contributed by atoms with Crippen molar-refractivity contribution in [2.24, 2.45) is 0 Å². The van der Waals surface area contributed by atoms with Crippen LogP contribution in [0.1, 0.15) is 18.9 Å². The largest absolute Gasteiger partial charge is 0.478 e. The Morgan fingerprint density at radius 3 is 2.32 bits per heavy atom. The van der Waals surface area contributed by atoms with E-state index in [1.54, 1.807) is 54.1 Å². The number of hydrogen-bond donors (Lipinski definition) is 1. The summed E-state index contributed by atoms with van der Waals surface area (Å²) in [5.41, 5.74) is -0.713. The first-order valence-corrected chi connectivity index (χ1v) is 13.5. The molecule has 0 spiro atoms. The van der Waals surface area contributed by atoms with Crippen molar-refractivity contribution in [1.82, 2.24) is 14.5 Å². The summed E-state index contributed by atoms with van der Waals surface area (Å²) < 4.78 is 31.0. The molecular formula is C26H23Cl2N5O4S. The number of carboxylic acids is 1. The molecule has 0 saturated heterocycles. The highest BCUT2D eigenvalue weighted by molar-refractivity contribution is 7.93. The van der Waals surface area contributed by atoms with Gasteiger partial charge in [-0.3, -0.25) is 4.90 Å². The third-order valence-electron chi connectivity index (χ3n) is 6.32. The van der Waals surface area contributed by atoms with E-state index in [9.17, 15) is 18.3 Å². The molecule has 1 atom stereocenters. The van der Waals surface area contributed by atoms with Crippen molar-refractivity contribution < 1.29 is 18.3 Å². The molecule has 196 valence electrons. The van der Waals surface area contributed by atoms with Gasteiger partial charge in [0.25, 0.3) is 10.0 Å². The van der Waals surface area contributed by atoms with E-state index in [0.717, 1.165) is 4.31 Å². The van der Waals surface area contributed by atoms with Crippen LogP contribution in [0.15, 0.2) is 71.9 Å². The molecule has 0 aliphatic heterocycles. The fourth-order valence-electron chi connectivity index (χ4n) is 4.46. The maximum atomic E-state index is 14.2. The van der Waals surface area contributed by atoms with Crippen molar-refractivity contribution >= 4 is 55.8 Å². The summed E-state index contributed by atoms with van der Waals surface area (Å²) in [7, 11) is -1.47. The number of nitrogens with zero attached hydrogens (tertiary/aromatic N) is 5. The van der Waals surface area contributed by atoms with Gasteiger partial charge in [0.2, 0.25) is 5.66 Å². The van der Waals surface area contributed by atoms with E-state index in [0.29, 0.717) is 22.3 Å². The number of rotatable bonds is 8. The van der Waals surface area contributed by atoms with Crippen LogP contribution in [0.25, 0.3) is 16.7 Å². The number of sulfonamides is 1. The molecule has 0 aliphatic carbocycles. The van der Waals surface area contributed by atoms with Crippen LogP contribution in [0.4, 0.5) is 5.69 Å². The van der Waals surface area contributed by atoms with Gasteiger partial charge in [-0.25, -0.2) is 22.5 Å². The number of carbonyl (C=O) groups is 1. The molecule has 2 aromatic carbocycles. The summed E-state index contributed by atoms with van der Waals surface area (Å²) in [5.74, 6) is -0.785. The average Bonchev–Trinajstić information content (AvgIpc) is 3.29. The minimum absolute atomic E-state index is 0.0723. The Bertz CT molecular complexity index is 1660. The highest BCUT2D eigenvalue weighted by Gasteiger charge is 2.51. The Hall–Kier alpha value is -3.62. The van der Waals surface area contributed by atoms with Crippen molar-refractivity contribution in [2.45, 2.75) is 23.9 Å². The minimum atomic E-state index is -4.49. The molecule has 4 aromatic rings. The maximum Gasteiger partial charge on any atom is 0.346 e. The zero-order chi connectivity index (χ0) is 27.8. The van der Waals surface area contributed by atoms with Crippen molar-refractivity contribution in [3.63, 3.8) is 0 Å². The molecule has 1 N–H and O–H groups in total. The molecule has 1 unspecified atom stereocenters. The second-order valence-electron chi connectivity index (χ2n) is 8.69. The van der Waals surface area contributed by atoms with Gasteiger partial charge in [-0.15, -0.1) is 0 Å². The lowest BCUT2D eigenvalue weighted by atomic mass is 10.0. The molecule has 9 nitrogen and oxygen atoms in total. The smallest absolute Gasteiger partial charge is 0.346 e. The fraction of sp³-hybridized carbons (Fsp3) is 0.192. The number of aliphatic carboxylic acids is 1. The van der Waals surface area contributed by atoms with Gasteiger partial charge in [0.05, 0.1) is 21.7 Å². The van der Waals surface area contributed by atoms with Gasteiger partial charge in [-0.05, 0) is 75.1 Å². The van der Waals surface area contributed by atoms with Crippen LogP contribution in [-0.2, 0) is 14.8 Å². The Balaban J connectivity index is 1.96. The van der Waals surface area contributed by atoms with Gasteiger partial charge < -0.3 is 9.67 Å². The normalized spacial score (nSPS) is 13.3. The lowest BCUT2D eigenvalue weighted by Gasteiger charge is -2.44. The van der Waals surface area contributed by atoms with Crippen LogP contribution >= 0.6 is 23.2 Å². The first-order chi connectivity index (χ1) is 17.9. The monoisotopic (exact) mass is 571 g/mol. The quantitative estimate of drug-likeness (QED) is 0.290. The molecular weight excluding hydrogens is 549 g/mol. The molecule has 0 aliphatic rings.